The van der Waals surface area contributed by atoms with Gasteiger partial charge in [-0.2, -0.15) is 5.10 Å². The molecule has 6 heteroatoms. The fourth-order valence-corrected chi connectivity index (χ4v) is 2.19. The summed E-state index contributed by atoms with van der Waals surface area (Å²) in [5.41, 5.74) is 0.402. The summed E-state index contributed by atoms with van der Waals surface area (Å²) in [4.78, 5) is 11.8. The molecule has 18 heavy (non-hydrogen) atoms. The van der Waals surface area contributed by atoms with Gasteiger partial charge in [0.05, 0.1) is 7.11 Å². The molecule has 1 saturated heterocycles. The van der Waals surface area contributed by atoms with Crippen molar-refractivity contribution in [1.29, 1.82) is 0 Å². The van der Waals surface area contributed by atoms with E-state index in [0.29, 0.717) is 24.0 Å². The smallest absolute Gasteiger partial charge is 0.271 e. The molecule has 0 aromatic carbocycles. The highest BCUT2D eigenvalue weighted by atomic mass is 16.5. The lowest BCUT2D eigenvalue weighted by molar-refractivity contribution is 0.0946. The molecule has 0 spiro atoms. The Morgan fingerprint density at radius 3 is 3.17 bits per heavy atom. The first kappa shape index (κ1) is 12.9. The third-order valence-corrected chi connectivity index (χ3v) is 3.28. The lowest BCUT2D eigenvalue weighted by Gasteiger charge is -2.08. The Hall–Kier alpha value is -1.56. The van der Waals surface area contributed by atoms with Crippen molar-refractivity contribution in [2.24, 2.45) is 13.0 Å². The van der Waals surface area contributed by atoms with E-state index in [-0.39, 0.29) is 5.91 Å². The maximum Gasteiger partial charge on any atom is 0.271 e. The van der Waals surface area contributed by atoms with Crippen LogP contribution in [0.25, 0.3) is 0 Å². The van der Waals surface area contributed by atoms with E-state index in [2.05, 4.69) is 15.7 Å². The van der Waals surface area contributed by atoms with Crippen molar-refractivity contribution in [3.8, 4) is 5.88 Å². The molecule has 1 aromatic heterocycles. The minimum Gasteiger partial charge on any atom is -0.481 e. The molecule has 0 aliphatic carbocycles. The van der Waals surface area contributed by atoms with Crippen LogP contribution in [0.1, 0.15) is 23.3 Å². The van der Waals surface area contributed by atoms with E-state index in [0.717, 1.165) is 19.5 Å². The van der Waals surface area contributed by atoms with E-state index < -0.39 is 0 Å². The quantitative estimate of drug-likeness (QED) is 0.783. The number of nitrogens with one attached hydrogen (secondary N) is 2. The lowest BCUT2D eigenvalue weighted by Crippen LogP contribution is -2.26. The van der Waals surface area contributed by atoms with Gasteiger partial charge in [0, 0.05) is 19.7 Å². The number of carbonyl (C=O) groups excluding carboxylic acids is 1. The average molecular weight is 252 g/mol. The van der Waals surface area contributed by atoms with Crippen LogP contribution in [0.3, 0.4) is 0 Å². The van der Waals surface area contributed by atoms with Crippen LogP contribution >= 0.6 is 0 Å². The number of aromatic nitrogens is 2. The number of nitrogens with zero attached hydrogens (tertiary/aromatic N) is 2. The molecular weight excluding hydrogens is 232 g/mol. The van der Waals surface area contributed by atoms with Crippen molar-refractivity contribution in [2.45, 2.75) is 12.8 Å². The first-order valence-electron chi connectivity index (χ1n) is 6.27. The highest BCUT2D eigenvalue weighted by Crippen LogP contribution is 2.12. The summed E-state index contributed by atoms with van der Waals surface area (Å²) in [6.07, 6.45) is 2.22. The van der Waals surface area contributed by atoms with E-state index in [9.17, 15) is 4.79 Å². The third-order valence-electron chi connectivity index (χ3n) is 3.28. The number of aryl methyl sites for hydroxylation is 1. The zero-order valence-electron chi connectivity index (χ0n) is 10.9. The van der Waals surface area contributed by atoms with Gasteiger partial charge in [-0.15, -0.1) is 0 Å². The van der Waals surface area contributed by atoms with Gasteiger partial charge in [-0.3, -0.25) is 4.79 Å². The maximum atomic E-state index is 11.8. The molecule has 100 valence electrons. The second-order valence-corrected chi connectivity index (χ2v) is 4.60. The van der Waals surface area contributed by atoms with Crippen LogP contribution in [0.5, 0.6) is 5.88 Å². The van der Waals surface area contributed by atoms with Crippen LogP contribution in [0, 0.1) is 5.92 Å². The fourth-order valence-electron chi connectivity index (χ4n) is 2.19. The number of hydrogen-bond donors (Lipinski definition) is 2. The monoisotopic (exact) mass is 252 g/mol. The van der Waals surface area contributed by atoms with E-state index in [1.54, 1.807) is 24.9 Å². The van der Waals surface area contributed by atoms with Gasteiger partial charge < -0.3 is 15.4 Å². The Labute approximate surface area is 107 Å². The molecule has 1 aliphatic heterocycles. The minimum absolute atomic E-state index is 0.139. The summed E-state index contributed by atoms with van der Waals surface area (Å²) >= 11 is 0. The summed E-state index contributed by atoms with van der Waals surface area (Å²) in [5.74, 6) is 1.13. The summed E-state index contributed by atoms with van der Waals surface area (Å²) in [5, 5.41) is 10.3. The molecule has 0 saturated carbocycles. The SMILES string of the molecule is COc1cc(C(=O)NCCC2CCNC2)nn1C. The summed E-state index contributed by atoms with van der Waals surface area (Å²) in [6, 6.07) is 1.65. The summed E-state index contributed by atoms with van der Waals surface area (Å²) in [7, 11) is 3.31. The Morgan fingerprint density at radius 2 is 2.56 bits per heavy atom. The van der Waals surface area contributed by atoms with Crippen LogP contribution in [-0.2, 0) is 7.05 Å². The zero-order valence-corrected chi connectivity index (χ0v) is 10.9. The highest BCUT2D eigenvalue weighted by Gasteiger charge is 2.16. The average Bonchev–Trinajstić information content (AvgIpc) is 2.98. The van der Waals surface area contributed by atoms with E-state index >= 15 is 0 Å². The van der Waals surface area contributed by atoms with Crippen molar-refractivity contribution in [3.63, 3.8) is 0 Å². The van der Waals surface area contributed by atoms with E-state index in [1.807, 2.05) is 0 Å². The molecule has 1 atom stereocenters. The van der Waals surface area contributed by atoms with Gasteiger partial charge in [-0.1, -0.05) is 0 Å². The Balaban J connectivity index is 1.79. The second kappa shape index (κ2) is 5.86. The Morgan fingerprint density at radius 1 is 1.72 bits per heavy atom. The second-order valence-electron chi connectivity index (χ2n) is 4.60. The van der Waals surface area contributed by atoms with Crippen molar-refractivity contribution in [3.05, 3.63) is 11.8 Å². The molecule has 1 aromatic rings. The molecule has 2 rings (SSSR count). The first-order valence-corrected chi connectivity index (χ1v) is 6.27. The van der Waals surface area contributed by atoms with Crippen molar-refractivity contribution in [1.82, 2.24) is 20.4 Å². The summed E-state index contributed by atoms with van der Waals surface area (Å²) < 4.78 is 6.63. The maximum absolute atomic E-state index is 11.8. The molecule has 2 N–H and O–H groups in total. The van der Waals surface area contributed by atoms with Crippen LogP contribution in [0.15, 0.2) is 6.07 Å². The molecule has 2 heterocycles. The molecule has 1 amide bonds. The molecular formula is C12H20N4O2. The topological polar surface area (TPSA) is 68.2 Å². The van der Waals surface area contributed by atoms with Gasteiger partial charge in [-0.05, 0) is 31.8 Å². The van der Waals surface area contributed by atoms with Crippen molar-refractivity contribution in [2.75, 3.05) is 26.7 Å². The van der Waals surface area contributed by atoms with Gasteiger partial charge in [0.15, 0.2) is 5.69 Å². The third kappa shape index (κ3) is 3.01. The van der Waals surface area contributed by atoms with Crippen LogP contribution in [-0.4, -0.2) is 42.4 Å². The number of ether oxygens (including phenoxy) is 1. The molecule has 0 bridgehead atoms. The van der Waals surface area contributed by atoms with Crippen molar-refractivity contribution < 1.29 is 9.53 Å². The standard InChI is InChI=1S/C12H20N4O2/c1-16-11(18-2)7-10(15-16)12(17)14-6-4-9-3-5-13-8-9/h7,9,13H,3-6,8H2,1-2H3,(H,14,17). The van der Waals surface area contributed by atoms with Gasteiger partial charge in [0.25, 0.3) is 5.91 Å². The largest absolute Gasteiger partial charge is 0.481 e. The molecule has 1 aliphatic rings. The molecule has 1 unspecified atom stereocenters. The number of carbonyl (C=O) groups is 1. The van der Waals surface area contributed by atoms with Gasteiger partial charge in [0.2, 0.25) is 5.88 Å². The fraction of sp³-hybridized carbons (Fsp3) is 0.667. The van der Waals surface area contributed by atoms with Gasteiger partial charge in [-0.25, -0.2) is 4.68 Å². The molecule has 0 radical (unpaired) electrons. The zero-order chi connectivity index (χ0) is 13.0. The normalized spacial score (nSPS) is 18.9. The highest BCUT2D eigenvalue weighted by molar-refractivity contribution is 5.92. The number of methoxy groups -OCH3 is 1. The predicted octanol–water partition coefficient (Wildman–Crippen LogP) is 0.158. The minimum atomic E-state index is -0.139. The predicted molar refractivity (Wildman–Crippen MR) is 67.7 cm³/mol. The number of rotatable bonds is 5. The Bertz CT molecular complexity index is 410. The van der Waals surface area contributed by atoms with E-state index in [4.69, 9.17) is 4.74 Å². The van der Waals surface area contributed by atoms with Crippen LogP contribution in [0.4, 0.5) is 0 Å². The van der Waals surface area contributed by atoms with Crippen molar-refractivity contribution >= 4 is 5.91 Å². The van der Waals surface area contributed by atoms with Crippen LogP contribution in [0.2, 0.25) is 0 Å². The van der Waals surface area contributed by atoms with Gasteiger partial charge in [0.1, 0.15) is 0 Å². The number of hydrogen-bond acceptors (Lipinski definition) is 4. The van der Waals surface area contributed by atoms with E-state index in [1.165, 1.54) is 6.42 Å². The van der Waals surface area contributed by atoms with Crippen LogP contribution < -0.4 is 15.4 Å². The Kier molecular flexibility index (Phi) is 4.19. The lowest BCUT2D eigenvalue weighted by atomic mass is 10.1. The molecule has 1 fully saturated rings. The molecule has 6 nitrogen and oxygen atoms in total. The number of amides is 1. The first-order chi connectivity index (χ1) is 8.70. The summed E-state index contributed by atoms with van der Waals surface area (Å²) in [6.45, 7) is 2.85. The van der Waals surface area contributed by atoms with Gasteiger partial charge >= 0.3 is 0 Å².